The maximum Gasteiger partial charge on any atom is 0.220 e. The number of amides is 1. The molecule has 2 rings (SSSR count). The summed E-state index contributed by atoms with van der Waals surface area (Å²) in [5.41, 5.74) is 0.270. The van der Waals surface area contributed by atoms with Crippen LogP contribution in [0.25, 0.3) is 0 Å². The second kappa shape index (κ2) is 8.17. The Bertz CT molecular complexity index is 315. The van der Waals surface area contributed by atoms with Crippen LogP contribution in [-0.4, -0.2) is 36.0 Å². The van der Waals surface area contributed by atoms with Crippen molar-refractivity contribution < 1.29 is 4.79 Å². The summed E-state index contributed by atoms with van der Waals surface area (Å²) < 4.78 is 0. The molecular weight excluding hydrogens is 260 g/mol. The number of nitrogens with zero attached hydrogens (tertiary/aromatic N) is 1. The van der Waals surface area contributed by atoms with Gasteiger partial charge >= 0.3 is 0 Å². The molecule has 21 heavy (non-hydrogen) atoms. The second-order valence-electron chi connectivity index (χ2n) is 7.54. The van der Waals surface area contributed by atoms with Crippen LogP contribution in [0.1, 0.15) is 78.1 Å². The molecule has 1 aliphatic carbocycles. The number of likely N-dealkylation sites (tertiary alicyclic amines) is 1. The molecule has 3 heteroatoms. The number of carbonyl (C=O) groups is 1. The Morgan fingerprint density at radius 1 is 1.05 bits per heavy atom. The van der Waals surface area contributed by atoms with Crippen LogP contribution in [0, 0.1) is 5.92 Å². The third-order valence-corrected chi connectivity index (χ3v) is 5.37. The molecule has 0 radical (unpaired) electrons. The Labute approximate surface area is 130 Å². The van der Waals surface area contributed by atoms with Crippen molar-refractivity contribution in [3.05, 3.63) is 0 Å². The molecule has 0 bridgehead atoms. The van der Waals surface area contributed by atoms with Gasteiger partial charge in [-0.3, -0.25) is 9.69 Å². The van der Waals surface area contributed by atoms with Gasteiger partial charge in [-0.05, 0) is 51.1 Å². The van der Waals surface area contributed by atoms with Crippen LogP contribution in [0.2, 0.25) is 0 Å². The topological polar surface area (TPSA) is 32.3 Å². The van der Waals surface area contributed by atoms with E-state index in [-0.39, 0.29) is 11.4 Å². The van der Waals surface area contributed by atoms with Crippen molar-refractivity contribution in [2.24, 2.45) is 5.92 Å². The Hall–Kier alpha value is -0.570. The van der Waals surface area contributed by atoms with Gasteiger partial charge in [0, 0.05) is 18.5 Å². The van der Waals surface area contributed by atoms with Gasteiger partial charge in [0.15, 0.2) is 0 Å². The largest absolute Gasteiger partial charge is 0.354 e. The smallest absolute Gasteiger partial charge is 0.220 e. The summed E-state index contributed by atoms with van der Waals surface area (Å²) in [7, 11) is 0. The highest BCUT2D eigenvalue weighted by molar-refractivity contribution is 5.75. The molecule has 1 saturated heterocycles. The molecule has 1 N–H and O–H groups in total. The third kappa shape index (κ3) is 4.98. The van der Waals surface area contributed by atoms with Crippen molar-refractivity contribution >= 4 is 5.91 Å². The molecule has 1 aliphatic heterocycles. The van der Waals surface area contributed by atoms with Gasteiger partial charge in [0.1, 0.15) is 0 Å². The van der Waals surface area contributed by atoms with E-state index in [9.17, 15) is 4.79 Å². The van der Waals surface area contributed by atoms with E-state index >= 15 is 0 Å². The molecule has 2 aliphatic rings. The summed E-state index contributed by atoms with van der Waals surface area (Å²) in [6, 6.07) is 0. The molecule has 1 saturated carbocycles. The van der Waals surface area contributed by atoms with E-state index in [2.05, 4.69) is 24.1 Å². The summed E-state index contributed by atoms with van der Waals surface area (Å²) >= 11 is 0. The van der Waals surface area contributed by atoms with E-state index in [0.717, 1.165) is 13.0 Å². The van der Waals surface area contributed by atoms with E-state index in [4.69, 9.17) is 0 Å². The lowest BCUT2D eigenvalue weighted by Gasteiger charge is -2.48. The molecule has 2 fully saturated rings. The summed E-state index contributed by atoms with van der Waals surface area (Å²) in [6.45, 7) is 7.72. The van der Waals surface area contributed by atoms with Crippen LogP contribution in [0.15, 0.2) is 0 Å². The summed E-state index contributed by atoms with van der Waals surface area (Å²) in [4.78, 5) is 14.8. The number of piperidine rings is 1. The van der Waals surface area contributed by atoms with Gasteiger partial charge < -0.3 is 5.32 Å². The van der Waals surface area contributed by atoms with E-state index in [1.54, 1.807) is 0 Å². The lowest BCUT2D eigenvalue weighted by molar-refractivity contribution is -0.122. The Kier molecular flexibility index (Phi) is 6.53. The molecule has 122 valence electrons. The van der Waals surface area contributed by atoms with Gasteiger partial charge in [-0.1, -0.05) is 39.5 Å². The zero-order valence-corrected chi connectivity index (χ0v) is 14.1. The second-order valence-corrected chi connectivity index (χ2v) is 7.54. The highest BCUT2D eigenvalue weighted by atomic mass is 16.1. The number of hydrogen-bond donors (Lipinski definition) is 1. The Morgan fingerprint density at radius 2 is 1.67 bits per heavy atom. The highest BCUT2D eigenvalue weighted by Gasteiger charge is 2.38. The SMILES string of the molecule is CC(C)CCC(=O)NCC1(N2CCCCC2)CCCCC1. The normalized spacial score (nSPS) is 23.2. The Morgan fingerprint density at radius 3 is 2.29 bits per heavy atom. The predicted molar refractivity (Wildman–Crippen MR) is 88.3 cm³/mol. The highest BCUT2D eigenvalue weighted by Crippen LogP contribution is 2.35. The van der Waals surface area contributed by atoms with Crippen molar-refractivity contribution in [2.45, 2.75) is 83.6 Å². The number of rotatable bonds is 6. The number of carbonyl (C=O) groups excluding carboxylic acids is 1. The van der Waals surface area contributed by atoms with Crippen molar-refractivity contribution in [2.75, 3.05) is 19.6 Å². The zero-order chi connectivity index (χ0) is 15.1. The molecule has 0 aromatic heterocycles. The van der Waals surface area contributed by atoms with Crippen LogP contribution >= 0.6 is 0 Å². The van der Waals surface area contributed by atoms with E-state index in [1.165, 1.54) is 64.5 Å². The van der Waals surface area contributed by atoms with Gasteiger partial charge in [-0.15, -0.1) is 0 Å². The standard InChI is InChI=1S/C18H34N2O/c1-16(2)9-10-17(21)19-15-18(11-5-3-6-12-18)20-13-7-4-8-14-20/h16H,3-15H2,1-2H3,(H,19,21). The lowest BCUT2D eigenvalue weighted by atomic mass is 9.79. The first-order valence-electron chi connectivity index (χ1n) is 9.14. The molecule has 0 unspecified atom stereocenters. The molecule has 0 aromatic rings. The van der Waals surface area contributed by atoms with Crippen LogP contribution in [0.5, 0.6) is 0 Å². The molecule has 0 atom stereocenters. The van der Waals surface area contributed by atoms with Gasteiger partial charge in [0.2, 0.25) is 5.91 Å². The van der Waals surface area contributed by atoms with Crippen LogP contribution in [-0.2, 0) is 4.79 Å². The minimum absolute atomic E-state index is 0.255. The molecular formula is C18H34N2O. The fourth-order valence-electron chi connectivity index (χ4n) is 3.95. The fraction of sp³-hybridized carbons (Fsp3) is 0.944. The van der Waals surface area contributed by atoms with Crippen molar-refractivity contribution in [3.63, 3.8) is 0 Å². The summed E-state index contributed by atoms with van der Waals surface area (Å²) in [6.07, 6.45) is 12.3. The van der Waals surface area contributed by atoms with Crippen LogP contribution < -0.4 is 5.32 Å². The molecule has 1 amide bonds. The fourth-order valence-corrected chi connectivity index (χ4v) is 3.95. The predicted octanol–water partition coefficient (Wildman–Crippen LogP) is 3.73. The molecule has 0 spiro atoms. The van der Waals surface area contributed by atoms with Crippen LogP contribution in [0.4, 0.5) is 0 Å². The lowest BCUT2D eigenvalue weighted by Crippen LogP contribution is -2.58. The Balaban J connectivity index is 1.88. The quantitative estimate of drug-likeness (QED) is 0.809. The molecule has 1 heterocycles. The van der Waals surface area contributed by atoms with Crippen molar-refractivity contribution in [3.8, 4) is 0 Å². The first-order valence-corrected chi connectivity index (χ1v) is 9.14. The third-order valence-electron chi connectivity index (χ3n) is 5.37. The van der Waals surface area contributed by atoms with Crippen molar-refractivity contribution in [1.29, 1.82) is 0 Å². The van der Waals surface area contributed by atoms with Gasteiger partial charge in [-0.25, -0.2) is 0 Å². The summed E-state index contributed by atoms with van der Waals surface area (Å²) in [5, 5.41) is 3.27. The summed E-state index contributed by atoms with van der Waals surface area (Å²) in [5.74, 6) is 0.868. The first-order chi connectivity index (χ1) is 10.1. The monoisotopic (exact) mass is 294 g/mol. The van der Waals surface area contributed by atoms with Gasteiger partial charge in [0.05, 0.1) is 0 Å². The van der Waals surface area contributed by atoms with E-state index < -0.39 is 0 Å². The van der Waals surface area contributed by atoms with Crippen LogP contribution in [0.3, 0.4) is 0 Å². The average molecular weight is 294 g/mol. The van der Waals surface area contributed by atoms with Gasteiger partial charge in [-0.2, -0.15) is 0 Å². The minimum atomic E-state index is 0.255. The number of hydrogen-bond acceptors (Lipinski definition) is 2. The average Bonchev–Trinajstić information content (AvgIpc) is 2.52. The van der Waals surface area contributed by atoms with Gasteiger partial charge in [0.25, 0.3) is 0 Å². The molecule has 0 aromatic carbocycles. The van der Waals surface area contributed by atoms with E-state index in [1.807, 2.05) is 0 Å². The molecule has 3 nitrogen and oxygen atoms in total. The maximum atomic E-state index is 12.1. The van der Waals surface area contributed by atoms with E-state index in [0.29, 0.717) is 12.3 Å². The van der Waals surface area contributed by atoms with Crippen molar-refractivity contribution in [1.82, 2.24) is 10.2 Å². The maximum absolute atomic E-state index is 12.1. The first kappa shape index (κ1) is 16.8. The zero-order valence-electron chi connectivity index (χ0n) is 14.1. The minimum Gasteiger partial charge on any atom is -0.354 e. The number of nitrogens with one attached hydrogen (secondary N) is 1.